The molecule has 88 valence electrons. The molecule has 0 spiro atoms. The average molecular weight is 247 g/mol. The van der Waals surface area contributed by atoms with Crippen molar-refractivity contribution >= 4 is 16.1 Å². The number of halogens is 1. The van der Waals surface area contributed by atoms with Gasteiger partial charge in [-0.15, -0.1) is 3.89 Å². The maximum absolute atomic E-state index is 12.7. The van der Waals surface area contributed by atoms with Gasteiger partial charge in [-0.3, -0.25) is 4.79 Å². The molecule has 1 aliphatic rings. The normalized spacial score (nSPS) is 21.7. The molecular formula is C9H10FNO4S. The topological polar surface area (TPSA) is 67.6 Å². The zero-order chi connectivity index (χ0) is 11.8. The van der Waals surface area contributed by atoms with E-state index in [2.05, 4.69) is 0 Å². The number of amides is 1. The highest BCUT2D eigenvalue weighted by Crippen LogP contribution is 2.21. The molecule has 16 heavy (non-hydrogen) atoms. The summed E-state index contributed by atoms with van der Waals surface area (Å²) in [6.07, 6.45) is 2.64. The fourth-order valence-electron chi connectivity index (χ4n) is 1.68. The Morgan fingerprint density at radius 3 is 2.81 bits per heavy atom. The summed E-state index contributed by atoms with van der Waals surface area (Å²) in [6, 6.07) is 1.67. The van der Waals surface area contributed by atoms with E-state index >= 15 is 0 Å². The second-order valence-electron chi connectivity index (χ2n) is 3.71. The SMILES string of the molecule is O=C1CC(S(=O)(=O)F)CN1Cc1ccoc1. The largest absolute Gasteiger partial charge is 0.472 e. The molecule has 0 aliphatic carbocycles. The van der Waals surface area contributed by atoms with Crippen molar-refractivity contribution in [3.8, 4) is 0 Å². The van der Waals surface area contributed by atoms with Gasteiger partial charge in [-0.1, -0.05) is 0 Å². The fourth-order valence-corrected chi connectivity index (χ4v) is 2.38. The number of hydrogen-bond acceptors (Lipinski definition) is 4. The minimum atomic E-state index is -4.63. The van der Waals surface area contributed by atoms with Gasteiger partial charge in [0.15, 0.2) is 0 Å². The number of carbonyl (C=O) groups is 1. The maximum atomic E-state index is 12.7. The Kier molecular flexibility index (Phi) is 2.71. The van der Waals surface area contributed by atoms with Gasteiger partial charge in [0.05, 0.1) is 12.5 Å². The number of likely N-dealkylation sites (tertiary alicyclic amines) is 1. The van der Waals surface area contributed by atoms with E-state index in [0.29, 0.717) is 0 Å². The molecular weight excluding hydrogens is 237 g/mol. The van der Waals surface area contributed by atoms with E-state index in [9.17, 15) is 17.1 Å². The molecule has 1 unspecified atom stereocenters. The molecule has 1 aromatic heterocycles. The van der Waals surface area contributed by atoms with Crippen LogP contribution in [0.2, 0.25) is 0 Å². The lowest BCUT2D eigenvalue weighted by Gasteiger charge is -2.14. The molecule has 1 fully saturated rings. The summed E-state index contributed by atoms with van der Waals surface area (Å²) in [7, 11) is -4.63. The first-order valence-electron chi connectivity index (χ1n) is 4.69. The molecule has 0 saturated carbocycles. The van der Waals surface area contributed by atoms with E-state index in [-0.39, 0.29) is 25.4 Å². The van der Waals surface area contributed by atoms with Crippen LogP contribution < -0.4 is 0 Å². The van der Waals surface area contributed by atoms with E-state index < -0.39 is 15.5 Å². The second-order valence-corrected chi connectivity index (χ2v) is 5.33. The van der Waals surface area contributed by atoms with Gasteiger partial charge in [0.25, 0.3) is 0 Å². The average Bonchev–Trinajstić information content (AvgIpc) is 2.76. The molecule has 7 heteroatoms. The summed E-state index contributed by atoms with van der Waals surface area (Å²) in [6.45, 7) is 0.157. The van der Waals surface area contributed by atoms with Gasteiger partial charge < -0.3 is 9.32 Å². The zero-order valence-corrected chi connectivity index (χ0v) is 9.11. The third-order valence-corrected chi connectivity index (χ3v) is 3.64. The Morgan fingerprint density at radius 2 is 2.31 bits per heavy atom. The molecule has 0 aromatic carbocycles. The Balaban J connectivity index is 2.06. The van der Waals surface area contributed by atoms with E-state index in [4.69, 9.17) is 4.42 Å². The third kappa shape index (κ3) is 2.24. The number of nitrogens with zero attached hydrogens (tertiary/aromatic N) is 1. The van der Waals surface area contributed by atoms with Crippen molar-refractivity contribution in [2.75, 3.05) is 6.54 Å². The Morgan fingerprint density at radius 1 is 1.56 bits per heavy atom. The maximum Gasteiger partial charge on any atom is 0.307 e. The van der Waals surface area contributed by atoms with Crippen LogP contribution in [0.5, 0.6) is 0 Å². The lowest BCUT2D eigenvalue weighted by Crippen LogP contribution is -2.26. The summed E-state index contributed by atoms with van der Waals surface area (Å²) < 4.78 is 38.8. The molecule has 0 N–H and O–H groups in total. The van der Waals surface area contributed by atoms with Gasteiger partial charge in [-0.25, -0.2) is 0 Å². The molecule has 1 atom stereocenters. The molecule has 1 aliphatic heterocycles. The molecule has 0 radical (unpaired) electrons. The summed E-state index contributed by atoms with van der Waals surface area (Å²) >= 11 is 0. The van der Waals surface area contributed by atoms with Crippen molar-refractivity contribution in [1.29, 1.82) is 0 Å². The van der Waals surface area contributed by atoms with Crippen molar-refractivity contribution in [2.24, 2.45) is 0 Å². The number of carbonyl (C=O) groups excluding carboxylic acids is 1. The number of rotatable bonds is 3. The van der Waals surface area contributed by atoms with Gasteiger partial charge in [0.2, 0.25) is 5.91 Å². The van der Waals surface area contributed by atoms with Crippen LogP contribution in [0.3, 0.4) is 0 Å². The van der Waals surface area contributed by atoms with Gasteiger partial charge >= 0.3 is 10.2 Å². The van der Waals surface area contributed by atoms with Crippen LogP contribution in [0.15, 0.2) is 23.0 Å². The highest BCUT2D eigenvalue weighted by molar-refractivity contribution is 7.87. The van der Waals surface area contributed by atoms with Crippen LogP contribution in [-0.2, 0) is 21.6 Å². The lowest BCUT2D eigenvalue weighted by molar-refractivity contribution is -0.128. The second kappa shape index (κ2) is 3.89. The highest BCUT2D eigenvalue weighted by Gasteiger charge is 2.38. The molecule has 1 aromatic rings. The molecule has 1 saturated heterocycles. The minimum Gasteiger partial charge on any atom is -0.472 e. The van der Waals surface area contributed by atoms with Crippen molar-refractivity contribution in [3.63, 3.8) is 0 Å². The predicted octanol–water partition coefficient (Wildman–Crippen LogP) is 0.680. The van der Waals surface area contributed by atoms with Gasteiger partial charge in [0, 0.05) is 25.1 Å². The Bertz CT molecular complexity index is 482. The first-order valence-corrected chi connectivity index (χ1v) is 6.14. The van der Waals surface area contributed by atoms with Gasteiger partial charge in [-0.2, -0.15) is 8.42 Å². The molecule has 1 amide bonds. The van der Waals surface area contributed by atoms with E-state index in [1.807, 2.05) is 0 Å². The van der Waals surface area contributed by atoms with Crippen molar-refractivity contribution in [3.05, 3.63) is 24.2 Å². The fraction of sp³-hybridized carbons (Fsp3) is 0.444. The van der Waals surface area contributed by atoms with E-state index in [1.54, 1.807) is 6.07 Å². The van der Waals surface area contributed by atoms with Gasteiger partial charge in [0.1, 0.15) is 5.25 Å². The number of furan rings is 1. The van der Waals surface area contributed by atoms with Crippen LogP contribution in [0.25, 0.3) is 0 Å². The van der Waals surface area contributed by atoms with Crippen molar-refractivity contribution in [2.45, 2.75) is 18.2 Å². The first-order chi connectivity index (χ1) is 7.47. The van der Waals surface area contributed by atoms with Crippen molar-refractivity contribution < 1.29 is 21.5 Å². The van der Waals surface area contributed by atoms with Crippen LogP contribution >= 0.6 is 0 Å². The molecule has 0 bridgehead atoms. The highest BCUT2D eigenvalue weighted by atomic mass is 32.3. The van der Waals surface area contributed by atoms with Crippen LogP contribution in [0.4, 0.5) is 3.89 Å². The third-order valence-electron chi connectivity index (χ3n) is 2.53. The smallest absolute Gasteiger partial charge is 0.307 e. The first kappa shape index (κ1) is 11.1. The van der Waals surface area contributed by atoms with E-state index in [1.165, 1.54) is 17.4 Å². The monoisotopic (exact) mass is 247 g/mol. The van der Waals surface area contributed by atoms with E-state index in [0.717, 1.165) is 5.56 Å². The van der Waals surface area contributed by atoms with Crippen LogP contribution in [0.1, 0.15) is 12.0 Å². The van der Waals surface area contributed by atoms with Crippen LogP contribution in [0, 0.1) is 0 Å². The minimum absolute atomic E-state index is 0.0944. The summed E-state index contributed by atoms with van der Waals surface area (Å²) in [4.78, 5) is 12.7. The quantitative estimate of drug-likeness (QED) is 0.736. The summed E-state index contributed by atoms with van der Waals surface area (Å²) in [5.41, 5.74) is 0.755. The molecule has 2 heterocycles. The molecule has 2 rings (SSSR count). The Labute approximate surface area is 92.1 Å². The lowest BCUT2D eigenvalue weighted by atomic mass is 10.3. The predicted molar refractivity (Wildman–Crippen MR) is 52.6 cm³/mol. The number of hydrogen-bond donors (Lipinski definition) is 0. The zero-order valence-electron chi connectivity index (χ0n) is 8.30. The summed E-state index contributed by atoms with van der Waals surface area (Å²) in [5.74, 6) is -0.354. The van der Waals surface area contributed by atoms with Crippen molar-refractivity contribution in [1.82, 2.24) is 4.90 Å². The van der Waals surface area contributed by atoms with Gasteiger partial charge in [-0.05, 0) is 6.07 Å². The summed E-state index contributed by atoms with van der Waals surface area (Å²) in [5, 5.41) is -1.23. The standard InChI is InChI=1S/C9H10FNO4S/c10-16(13,14)8-3-9(12)11(5-8)4-7-1-2-15-6-7/h1-2,6,8H,3-5H2. The van der Waals surface area contributed by atoms with Crippen LogP contribution in [-0.4, -0.2) is 31.0 Å². The molecule has 5 nitrogen and oxygen atoms in total. The Hall–Kier alpha value is -1.37.